The van der Waals surface area contributed by atoms with Crippen LogP contribution in [0.3, 0.4) is 0 Å². The molecule has 31 heavy (non-hydrogen) atoms. The molecule has 6 nitrogen and oxygen atoms in total. The Morgan fingerprint density at radius 3 is 2.68 bits per heavy atom. The van der Waals surface area contributed by atoms with Crippen LogP contribution >= 0.6 is 24.8 Å². The second kappa shape index (κ2) is 10.3. The largest absolute Gasteiger partial charge is 0.326 e. The third-order valence-corrected chi connectivity index (χ3v) is 6.92. The Morgan fingerprint density at radius 1 is 1.13 bits per heavy atom. The summed E-state index contributed by atoms with van der Waals surface area (Å²) in [5, 5.41) is 15.7. The average molecular weight is 466 g/mol. The van der Waals surface area contributed by atoms with Crippen molar-refractivity contribution in [1.82, 2.24) is 20.1 Å². The van der Waals surface area contributed by atoms with Crippen LogP contribution in [0, 0.1) is 12.8 Å². The monoisotopic (exact) mass is 465 g/mol. The maximum absolute atomic E-state index is 12.8. The predicted molar refractivity (Wildman–Crippen MR) is 128 cm³/mol. The van der Waals surface area contributed by atoms with Gasteiger partial charge in [-0.25, -0.2) is 0 Å². The molecule has 1 amide bonds. The standard InChI is InChI=1S/C23H31N5O.2ClH/c1-15-6-7-17(23-27-26-21-5-3-2-4-10-28(21)23)14-20(15)25-22(29)13-16-11-18-8-9-19(12-16)24-18;;/h6-7,14,16,18-19,24H,2-5,8-13H2,1H3,(H,25,29);2*1H. The number of rotatable bonds is 4. The van der Waals surface area contributed by atoms with Gasteiger partial charge in [-0.05, 0) is 63.0 Å². The van der Waals surface area contributed by atoms with Gasteiger partial charge < -0.3 is 15.2 Å². The number of anilines is 1. The first-order chi connectivity index (χ1) is 14.2. The van der Waals surface area contributed by atoms with Crippen LogP contribution in [0.2, 0.25) is 0 Å². The zero-order valence-corrected chi connectivity index (χ0v) is 19.7. The van der Waals surface area contributed by atoms with E-state index in [1.165, 1.54) is 32.1 Å². The van der Waals surface area contributed by atoms with E-state index in [0.717, 1.165) is 54.3 Å². The van der Waals surface area contributed by atoms with Crippen LogP contribution in [-0.2, 0) is 17.8 Å². The van der Waals surface area contributed by atoms with E-state index in [0.29, 0.717) is 24.4 Å². The van der Waals surface area contributed by atoms with Crippen molar-refractivity contribution in [3.8, 4) is 11.4 Å². The number of amides is 1. The van der Waals surface area contributed by atoms with E-state index in [2.05, 4.69) is 50.5 Å². The zero-order valence-electron chi connectivity index (χ0n) is 18.1. The van der Waals surface area contributed by atoms with E-state index in [1.54, 1.807) is 0 Å². The normalized spacial score (nSPS) is 24.4. The molecule has 0 saturated carbocycles. The van der Waals surface area contributed by atoms with E-state index in [1.807, 2.05) is 0 Å². The molecule has 2 saturated heterocycles. The number of piperidine rings is 1. The summed E-state index contributed by atoms with van der Waals surface area (Å²) < 4.78 is 2.26. The predicted octanol–water partition coefficient (Wildman–Crippen LogP) is 4.68. The van der Waals surface area contributed by atoms with Gasteiger partial charge in [0.1, 0.15) is 5.82 Å². The highest BCUT2D eigenvalue weighted by Crippen LogP contribution is 2.33. The molecule has 3 aliphatic rings. The van der Waals surface area contributed by atoms with Gasteiger partial charge in [0.15, 0.2) is 5.82 Å². The van der Waals surface area contributed by atoms with Crippen molar-refractivity contribution in [2.75, 3.05) is 5.32 Å². The van der Waals surface area contributed by atoms with E-state index in [4.69, 9.17) is 0 Å². The van der Waals surface area contributed by atoms with Gasteiger partial charge in [-0.15, -0.1) is 35.0 Å². The van der Waals surface area contributed by atoms with Gasteiger partial charge in [-0.2, -0.15) is 0 Å². The Bertz CT molecular complexity index is 903. The van der Waals surface area contributed by atoms with Crippen molar-refractivity contribution < 1.29 is 4.79 Å². The first-order valence-electron chi connectivity index (χ1n) is 11.2. The van der Waals surface area contributed by atoms with E-state index >= 15 is 0 Å². The lowest BCUT2D eigenvalue weighted by Crippen LogP contribution is -2.39. The summed E-state index contributed by atoms with van der Waals surface area (Å²) in [6.07, 6.45) is 10.0. The highest BCUT2D eigenvalue weighted by Gasteiger charge is 2.34. The number of aryl methyl sites for hydroxylation is 2. The van der Waals surface area contributed by atoms with Gasteiger partial charge in [-0.1, -0.05) is 18.6 Å². The van der Waals surface area contributed by atoms with E-state index in [-0.39, 0.29) is 30.7 Å². The van der Waals surface area contributed by atoms with Crippen LogP contribution in [0.15, 0.2) is 18.2 Å². The number of nitrogens with zero attached hydrogens (tertiary/aromatic N) is 3. The van der Waals surface area contributed by atoms with Gasteiger partial charge >= 0.3 is 0 Å². The highest BCUT2D eigenvalue weighted by molar-refractivity contribution is 5.92. The van der Waals surface area contributed by atoms with Crippen molar-refractivity contribution in [2.24, 2.45) is 5.92 Å². The van der Waals surface area contributed by atoms with Crippen molar-refractivity contribution in [3.63, 3.8) is 0 Å². The quantitative estimate of drug-likeness (QED) is 0.686. The van der Waals surface area contributed by atoms with Crippen LogP contribution < -0.4 is 10.6 Å². The number of carbonyl (C=O) groups is 1. The molecule has 0 aliphatic carbocycles. The molecule has 2 N–H and O–H groups in total. The Hall–Kier alpha value is -1.63. The molecule has 8 heteroatoms. The van der Waals surface area contributed by atoms with Crippen LogP contribution in [-0.4, -0.2) is 32.8 Å². The maximum Gasteiger partial charge on any atom is 0.224 e. The molecule has 2 unspecified atom stereocenters. The molecule has 0 radical (unpaired) electrons. The van der Waals surface area contributed by atoms with Crippen LogP contribution in [0.5, 0.6) is 0 Å². The fraction of sp³-hybridized carbons (Fsp3) is 0.609. The first-order valence-corrected chi connectivity index (χ1v) is 11.2. The summed E-state index contributed by atoms with van der Waals surface area (Å²) in [6, 6.07) is 7.49. The summed E-state index contributed by atoms with van der Waals surface area (Å²) in [4.78, 5) is 12.8. The molecule has 3 aliphatic heterocycles. The molecule has 1 aromatic carbocycles. The first kappa shape index (κ1) is 24.0. The van der Waals surface area contributed by atoms with Gasteiger partial charge in [0.2, 0.25) is 5.91 Å². The molecule has 170 valence electrons. The van der Waals surface area contributed by atoms with E-state index < -0.39 is 0 Å². The molecule has 2 aromatic rings. The zero-order chi connectivity index (χ0) is 19.8. The summed E-state index contributed by atoms with van der Waals surface area (Å²) in [6.45, 7) is 3.03. The van der Waals surface area contributed by atoms with Crippen molar-refractivity contribution >= 4 is 36.4 Å². The molecule has 2 bridgehead atoms. The number of carbonyl (C=O) groups excluding carboxylic acids is 1. The topological polar surface area (TPSA) is 71.8 Å². The SMILES string of the molecule is Cc1ccc(-c2nnc3n2CCCCC3)cc1NC(=O)CC1CC2CCC(C1)N2.Cl.Cl. The molecule has 2 atom stereocenters. The molecule has 1 aromatic heterocycles. The average Bonchev–Trinajstić information content (AvgIpc) is 3.17. The minimum absolute atomic E-state index is 0. The molecule has 4 heterocycles. The lowest BCUT2D eigenvalue weighted by Gasteiger charge is -2.28. The Morgan fingerprint density at radius 2 is 1.90 bits per heavy atom. The number of fused-ring (bicyclic) bond motifs is 3. The fourth-order valence-electron chi connectivity index (χ4n) is 5.40. The Kier molecular flexibility index (Phi) is 8.00. The minimum atomic E-state index is 0. The summed E-state index contributed by atoms with van der Waals surface area (Å²) in [5.41, 5.74) is 3.02. The van der Waals surface area contributed by atoms with E-state index in [9.17, 15) is 4.79 Å². The molecule has 5 rings (SSSR count). The smallest absolute Gasteiger partial charge is 0.224 e. The number of benzene rings is 1. The number of aromatic nitrogens is 3. The van der Waals surface area contributed by atoms with Crippen LogP contribution in [0.25, 0.3) is 11.4 Å². The molecule has 0 spiro atoms. The number of halogens is 2. The maximum atomic E-state index is 12.8. The Balaban J connectivity index is 0.00000136. The Labute approximate surface area is 196 Å². The van der Waals surface area contributed by atoms with Crippen molar-refractivity contribution in [1.29, 1.82) is 0 Å². The third-order valence-electron chi connectivity index (χ3n) is 6.92. The molecular formula is C23H33Cl2N5O. The highest BCUT2D eigenvalue weighted by atomic mass is 35.5. The fourth-order valence-corrected chi connectivity index (χ4v) is 5.40. The third kappa shape index (κ3) is 5.24. The van der Waals surface area contributed by atoms with Gasteiger partial charge in [0.05, 0.1) is 0 Å². The summed E-state index contributed by atoms with van der Waals surface area (Å²) >= 11 is 0. The minimum Gasteiger partial charge on any atom is -0.326 e. The number of hydrogen-bond donors (Lipinski definition) is 2. The second-order valence-corrected chi connectivity index (χ2v) is 9.16. The lowest BCUT2D eigenvalue weighted by atomic mass is 9.89. The number of nitrogens with one attached hydrogen (secondary N) is 2. The van der Waals surface area contributed by atoms with Gasteiger partial charge in [0.25, 0.3) is 0 Å². The number of hydrogen-bond acceptors (Lipinski definition) is 4. The molecule has 2 fully saturated rings. The van der Waals surface area contributed by atoms with Crippen molar-refractivity contribution in [2.45, 2.75) is 83.3 Å². The van der Waals surface area contributed by atoms with Gasteiger partial charge in [-0.3, -0.25) is 4.79 Å². The van der Waals surface area contributed by atoms with Crippen LogP contribution in [0.4, 0.5) is 5.69 Å². The van der Waals surface area contributed by atoms with Crippen molar-refractivity contribution in [3.05, 3.63) is 29.6 Å². The van der Waals surface area contributed by atoms with Gasteiger partial charge in [0, 0.05) is 42.7 Å². The second-order valence-electron chi connectivity index (χ2n) is 9.16. The van der Waals surface area contributed by atoms with Crippen LogP contribution in [0.1, 0.15) is 62.8 Å². The summed E-state index contributed by atoms with van der Waals surface area (Å²) in [7, 11) is 0. The lowest BCUT2D eigenvalue weighted by molar-refractivity contribution is -0.117. The summed E-state index contributed by atoms with van der Waals surface area (Å²) in [5.74, 6) is 2.65. The molecular weight excluding hydrogens is 433 g/mol.